The molecule has 1 aliphatic heterocycles. The number of Topliss-reactive ketones (excluding diaryl/α,β-unsaturated/α-hetero) is 1. The van der Waals surface area contributed by atoms with Crippen LogP contribution in [0.2, 0.25) is 0 Å². The van der Waals surface area contributed by atoms with Crippen LogP contribution in [0.25, 0.3) is 0 Å². The second-order valence-electron chi connectivity index (χ2n) is 9.65. The SMILES string of the molecule is CC(=O)N1CCn2c(c(C(=O)Nc3cc(C)c(F)c(F)c3)c(C)c2C(=O)C(=O)NC2(c3cn[nH]n3)CC2)C1. The molecule has 1 fully saturated rings. The Labute approximate surface area is 215 Å². The Hall–Kier alpha value is -4.42. The molecule has 3 N–H and O–H groups in total. The highest BCUT2D eigenvalue weighted by atomic mass is 19.2. The fraction of sp³-hybridized carbons (Fsp3) is 0.360. The highest BCUT2D eigenvalue weighted by Crippen LogP contribution is 2.44. The largest absolute Gasteiger partial charge is 0.338 e. The zero-order valence-corrected chi connectivity index (χ0v) is 20.9. The predicted molar refractivity (Wildman–Crippen MR) is 129 cm³/mol. The van der Waals surface area contributed by atoms with Gasteiger partial charge in [-0.15, -0.1) is 0 Å². The van der Waals surface area contributed by atoms with Gasteiger partial charge in [0.2, 0.25) is 5.91 Å². The number of aromatic amines is 1. The van der Waals surface area contributed by atoms with Crippen molar-refractivity contribution in [1.29, 1.82) is 0 Å². The zero-order valence-electron chi connectivity index (χ0n) is 20.9. The van der Waals surface area contributed by atoms with Gasteiger partial charge in [0.05, 0.1) is 35.2 Å². The van der Waals surface area contributed by atoms with Gasteiger partial charge in [0, 0.05) is 31.8 Å². The van der Waals surface area contributed by atoms with Crippen LogP contribution in [-0.2, 0) is 28.2 Å². The number of halogens is 2. The van der Waals surface area contributed by atoms with Gasteiger partial charge in [0.1, 0.15) is 5.69 Å². The van der Waals surface area contributed by atoms with E-state index in [0.717, 1.165) is 6.07 Å². The lowest BCUT2D eigenvalue weighted by Gasteiger charge is -2.29. The fourth-order valence-corrected chi connectivity index (χ4v) is 4.94. The maximum Gasteiger partial charge on any atom is 0.294 e. The number of rotatable bonds is 6. The van der Waals surface area contributed by atoms with Crippen LogP contribution in [0.3, 0.4) is 0 Å². The third-order valence-electron chi connectivity index (χ3n) is 7.12. The molecule has 38 heavy (non-hydrogen) atoms. The number of nitrogens with zero attached hydrogens (tertiary/aromatic N) is 4. The van der Waals surface area contributed by atoms with Crippen LogP contribution in [0, 0.1) is 25.5 Å². The molecule has 1 aliphatic carbocycles. The van der Waals surface area contributed by atoms with Crippen molar-refractivity contribution in [3.05, 3.63) is 63.7 Å². The van der Waals surface area contributed by atoms with Crippen LogP contribution in [0.1, 0.15) is 63.1 Å². The Balaban J connectivity index is 1.50. The molecule has 2 aliphatic rings. The van der Waals surface area contributed by atoms with Gasteiger partial charge in [-0.3, -0.25) is 19.2 Å². The number of hydrogen-bond donors (Lipinski definition) is 3. The summed E-state index contributed by atoms with van der Waals surface area (Å²) in [4.78, 5) is 53.6. The minimum absolute atomic E-state index is 0.00680. The fourth-order valence-electron chi connectivity index (χ4n) is 4.94. The smallest absolute Gasteiger partial charge is 0.294 e. The molecule has 5 rings (SSSR count). The third kappa shape index (κ3) is 4.23. The summed E-state index contributed by atoms with van der Waals surface area (Å²) >= 11 is 0. The summed E-state index contributed by atoms with van der Waals surface area (Å²) in [5.74, 6) is -4.72. The molecule has 1 saturated carbocycles. The number of fused-ring (bicyclic) bond motifs is 1. The number of carbonyl (C=O) groups excluding carboxylic acids is 4. The summed E-state index contributed by atoms with van der Waals surface area (Å²) in [5, 5.41) is 15.6. The molecule has 198 valence electrons. The lowest BCUT2D eigenvalue weighted by atomic mass is 10.1. The minimum Gasteiger partial charge on any atom is -0.338 e. The van der Waals surface area contributed by atoms with Crippen molar-refractivity contribution in [2.24, 2.45) is 0 Å². The lowest BCUT2D eigenvalue weighted by Crippen LogP contribution is -2.42. The van der Waals surface area contributed by atoms with Crippen molar-refractivity contribution in [3.8, 4) is 0 Å². The first kappa shape index (κ1) is 25.2. The Morgan fingerprint density at radius 3 is 2.45 bits per heavy atom. The van der Waals surface area contributed by atoms with Crippen molar-refractivity contribution in [3.63, 3.8) is 0 Å². The van der Waals surface area contributed by atoms with E-state index in [1.165, 1.54) is 31.0 Å². The molecule has 3 amide bonds. The number of amides is 3. The Bertz CT molecular complexity index is 1470. The maximum atomic E-state index is 14.0. The van der Waals surface area contributed by atoms with Crippen molar-refractivity contribution in [2.75, 3.05) is 11.9 Å². The quantitative estimate of drug-likeness (QED) is 0.332. The van der Waals surface area contributed by atoms with Crippen molar-refractivity contribution in [1.82, 2.24) is 30.2 Å². The first-order chi connectivity index (χ1) is 18.0. The van der Waals surface area contributed by atoms with Crippen LogP contribution in [0.4, 0.5) is 14.5 Å². The molecule has 1 aromatic carbocycles. The van der Waals surface area contributed by atoms with Crippen LogP contribution in [0.15, 0.2) is 18.3 Å². The van der Waals surface area contributed by atoms with Crippen molar-refractivity contribution in [2.45, 2.75) is 52.2 Å². The maximum absolute atomic E-state index is 14.0. The summed E-state index contributed by atoms with van der Waals surface area (Å²) in [6.45, 7) is 4.81. The molecule has 11 nitrogen and oxygen atoms in total. The Kier molecular flexibility index (Phi) is 6.08. The van der Waals surface area contributed by atoms with Crippen LogP contribution in [0.5, 0.6) is 0 Å². The number of nitrogens with one attached hydrogen (secondary N) is 3. The molecule has 2 aromatic heterocycles. The lowest BCUT2D eigenvalue weighted by molar-refractivity contribution is -0.130. The number of aromatic nitrogens is 4. The number of H-pyrrole nitrogens is 1. The molecular formula is C25H25F2N7O4. The summed E-state index contributed by atoms with van der Waals surface area (Å²) in [5.41, 5.74) is 0.512. The normalized spacial score (nSPS) is 15.6. The Morgan fingerprint density at radius 1 is 1.11 bits per heavy atom. The average molecular weight is 526 g/mol. The minimum atomic E-state index is -1.12. The molecule has 0 bridgehead atoms. The molecule has 0 atom stereocenters. The van der Waals surface area contributed by atoms with E-state index in [2.05, 4.69) is 26.0 Å². The Morgan fingerprint density at radius 2 is 1.84 bits per heavy atom. The van der Waals surface area contributed by atoms with Gasteiger partial charge in [-0.25, -0.2) is 8.78 Å². The number of carbonyl (C=O) groups is 4. The van der Waals surface area contributed by atoms with E-state index in [1.807, 2.05) is 0 Å². The number of ketones is 1. The van der Waals surface area contributed by atoms with Gasteiger partial charge in [-0.1, -0.05) is 0 Å². The van der Waals surface area contributed by atoms with E-state index in [4.69, 9.17) is 0 Å². The van der Waals surface area contributed by atoms with Crippen molar-refractivity contribution < 1.29 is 28.0 Å². The third-order valence-corrected chi connectivity index (χ3v) is 7.12. The van der Waals surface area contributed by atoms with E-state index < -0.39 is 34.8 Å². The molecule has 0 saturated heterocycles. The average Bonchev–Trinajstić information content (AvgIpc) is 3.30. The molecule has 3 aromatic rings. The van der Waals surface area contributed by atoms with E-state index in [9.17, 15) is 28.0 Å². The van der Waals surface area contributed by atoms with Crippen LogP contribution < -0.4 is 10.6 Å². The summed E-state index contributed by atoms with van der Waals surface area (Å²) in [6, 6.07) is 2.15. The van der Waals surface area contributed by atoms with E-state index in [1.54, 1.807) is 11.5 Å². The molecule has 13 heteroatoms. The molecule has 3 heterocycles. The molecular weight excluding hydrogens is 500 g/mol. The molecule has 0 radical (unpaired) electrons. The highest BCUT2D eigenvalue weighted by molar-refractivity contribution is 6.43. The predicted octanol–water partition coefficient (Wildman–Crippen LogP) is 2.10. The summed E-state index contributed by atoms with van der Waals surface area (Å²) in [6.07, 6.45) is 2.68. The van der Waals surface area contributed by atoms with E-state index in [-0.39, 0.29) is 53.6 Å². The highest BCUT2D eigenvalue weighted by Gasteiger charge is 2.49. The van der Waals surface area contributed by atoms with Gasteiger partial charge < -0.3 is 20.1 Å². The first-order valence-electron chi connectivity index (χ1n) is 12.0. The van der Waals surface area contributed by atoms with Gasteiger partial charge in [-0.2, -0.15) is 15.4 Å². The van der Waals surface area contributed by atoms with E-state index in [0.29, 0.717) is 24.2 Å². The number of hydrogen-bond acceptors (Lipinski definition) is 6. The topological polar surface area (TPSA) is 142 Å². The molecule has 0 spiro atoms. The zero-order chi connectivity index (χ0) is 27.4. The second-order valence-corrected chi connectivity index (χ2v) is 9.65. The molecule has 0 unspecified atom stereocenters. The van der Waals surface area contributed by atoms with Crippen LogP contribution in [-0.4, -0.2) is 54.9 Å². The first-order valence-corrected chi connectivity index (χ1v) is 12.0. The number of anilines is 1. The summed E-state index contributed by atoms with van der Waals surface area (Å²) in [7, 11) is 0. The summed E-state index contributed by atoms with van der Waals surface area (Å²) < 4.78 is 29.3. The van der Waals surface area contributed by atoms with Crippen LogP contribution >= 0.6 is 0 Å². The van der Waals surface area contributed by atoms with Gasteiger partial charge >= 0.3 is 0 Å². The van der Waals surface area contributed by atoms with Gasteiger partial charge in [-0.05, 0) is 43.9 Å². The second kappa shape index (κ2) is 9.15. The monoisotopic (exact) mass is 525 g/mol. The van der Waals surface area contributed by atoms with E-state index >= 15 is 0 Å². The van der Waals surface area contributed by atoms with Gasteiger partial charge in [0.25, 0.3) is 17.6 Å². The van der Waals surface area contributed by atoms with Gasteiger partial charge in [0.15, 0.2) is 11.6 Å². The van der Waals surface area contributed by atoms with Crippen molar-refractivity contribution >= 4 is 29.2 Å². The number of aryl methyl sites for hydroxylation is 1. The standard InChI is InChI=1S/C25H25F2N7O4/c1-12-8-15(9-16(26)20(12)27)29-23(37)19-13(2)21(34-7-6-33(14(3)35)11-17(19)34)22(36)24(38)30-25(4-5-25)18-10-28-32-31-18/h8-10H,4-7,11H2,1-3H3,(H,29,37)(H,30,38)(H,28,31,32). The number of benzene rings is 1.